The molecule has 0 spiro atoms. The van der Waals surface area contributed by atoms with Gasteiger partial charge in [-0.05, 0) is 106 Å². The zero-order chi connectivity index (χ0) is 20.3. The number of hydrogen-bond donors (Lipinski definition) is 1. The molecule has 146 valence electrons. The Kier molecular flexibility index (Phi) is 7.43. The minimum atomic E-state index is -0.0117. The van der Waals surface area contributed by atoms with Crippen molar-refractivity contribution in [2.45, 2.75) is 26.7 Å². The number of nitrogens with zero attached hydrogens (tertiary/aromatic N) is 2. The van der Waals surface area contributed by atoms with Gasteiger partial charge in [-0.15, -0.1) is 0 Å². The largest absolute Gasteiger partial charge is 0.506 e. The minimum Gasteiger partial charge on any atom is -0.506 e. The van der Waals surface area contributed by atoms with Crippen LogP contribution in [0.5, 0.6) is 5.75 Å². The van der Waals surface area contributed by atoms with Gasteiger partial charge in [0.15, 0.2) is 5.17 Å². The summed E-state index contributed by atoms with van der Waals surface area (Å²) in [6, 6.07) is 11.7. The van der Waals surface area contributed by atoms with Crippen LogP contribution in [0.2, 0.25) is 0 Å². The summed E-state index contributed by atoms with van der Waals surface area (Å²) in [5.74, 6) is 0.266. The van der Waals surface area contributed by atoms with Crippen molar-refractivity contribution in [1.82, 2.24) is 4.90 Å². The average molecular weight is 618 g/mol. The van der Waals surface area contributed by atoms with Crippen molar-refractivity contribution in [3.8, 4) is 5.75 Å². The first-order chi connectivity index (χ1) is 13.4. The Hall–Kier alpha value is -1.07. The normalized spacial score (nSPS) is 17.1. The number of rotatable bonds is 5. The highest BCUT2D eigenvalue weighted by Gasteiger charge is 2.33. The topological polar surface area (TPSA) is 52.9 Å². The summed E-state index contributed by atoms with van der Waals surface area (Å²) in [4.78, 5) is 20.2. The quantitative estimate of drug-likeness (QED) is 0.316. The lowest BCUT2D eigenvalue weighted by Gasteiger charge is -2.14. The zero-order valence-electron chi connectivity index (χ0n) is 15.6. The Morgan fingerprint density at radius 3 is 2.43 bits per heavy atom. The molecule has 1 aliphatic rings. The Balaban J connectivity index is 1.95. The molecule has 4 nitrogen and oxygen atoms in total. The number of amidine groups is 1. The molecule has 3 rings (SSSR count). The lowest BCUT2D eigenvalue weighted by Crippen LogP contribution is -2.30. The van der Waals surface area contributed by atoms with E-state index in [1.54, 1.807) is 4.90 Å². The van der Waals surface area contributed by atoms with Crippen LogP contribution in [0.4, 0.5) is 5.69 Å². The van der Waals surface area contributed by atoms with E-state index >= 15 is 0 Å². The van der Waals surface area contributed by atoms with Crippen LogP contribution in [-0.4, -0.2) is 27.6 Å². The number of amides is 1. The SMILES string of the molecule is CCCCN1C(=O)/C(=C\c2cc(I)c(O)c(I)c2)SC1=Nc1ccc(C)cc1. The van der Waals surface area contributed by atoms with E-state index in [1.807, 2.05) is 49.4 Å². The van der Waals surface area contributed by atoms with Crippen LogP contribution < -0.4 is 0 Å². The van der Waals surface area contributed by atoms with E-state index in [1.165, 1.54) is 17.3 Å². The van der Waals surface area contributed by atoms with E-state index in [2.05, 4.69) is 52.1 Å². The van der Waals surface area contributed by atoms with Crippen LogP contribution in [-0.2, 0) is 4.79 Å². The number of carbonyl (C=O) groups excluding carboxylic acids is 1. The van der Waals surface area contributed by atoms with E-state index < -0.39 is 0 Å². The van der Waals surface area contributed by atoms with E-state index in [0.717, 1.165) is 36.4 Å². The summed E-state index contributed by atoms with van der Waals surface area (Å²) in [6.45, 7) is 4.82. The van der Waals surface area contributed by atoms with Gasteiger partial charge in [0.2, 0.25) is 0 Å². The highest BCUT2D eigenvalue weighted by molar-refractivity contribution is 14.1. The van der Waals surface area contributed by atoms with Crippen molar-refractivity contribution in [2.75, 3.05) is 6.54 Å². The van der Waals surface area contributed by atoms with Crippen LogP contribution in [0.3, 0.4) is 0 Å². The standard InChI is InChI=1S/C21H20I2N2O2S/c1-3-4-9-25-20(27)18(12-14-10-16(22)19(26)17(23)11-14)28-21(25)24-15-7-5-13(2)6-8-15/h5-8,10-12,26H,3-4,9H2,1-2H3/b18-12+,24-21?. The summed E-state index contributed by atoms with van der Waals surface area (Å²) < 4.78 is 1.53. The van der Waals surface area contributed by atoms with Gasteiger partial charge in [-0.2, -0.15) is 0 Å². The predicted octanol–water partition coefficient (Wildman–Crippen LogP) is 6.31. The van der Waals surface area contributed by atoms with Crippen LogP contribution >= 0.6 is 56.9 Å². The molecule has 0 bridgehead atoms. The van der Waals surface area contributed by atoms with Gasteiger partial charge < -0.3 is 5.11 Å². The lowest BCUT2D eigenvalue weighted by molar-refractivity contribution is -0.122. The average Bonchev–Trinajstić information content (AvgIpc) is 2.94. The third-order valence-electron chi connectivity index (χ3n) is 4.22. The maximum atomic E-state index is 13.0. The predicted molar refractivity (Wildman–Crippen MR) is 134 cm³/mol. The van der Waals surface area contributed by atoms with Gasteiger partial charge in [0, 0.05) is 6.54 Å². The molecule has 28 heavy (non-hydrogen) atoms. The highest BCUT2D eigenvalue weighted by Crippen LogP contribution is 2.36. The molecular formula is C21H20I2N2O2S. The maximum absolute atomic E-state index is 13.0. The van der Waals surface area contributed by atoms with Crippen molar-refractivity contribution < 1.29 is 9.90 Å². The molecule has 1 aliphatic heterocycles. The van der Waals surface area contributed by atoms with Gasteiger partial charge in [0.25, 0.3) is 5.91 Å². The smallest absolute Gasteiger partial charge is 0.266 e. The number of aromatic hydroxyl groups is 1. The second-order valence-electron chi connectivity index (χ2n) is 6.48. The van der Waals surface area contributed by atoms with Gasteiger partial charge >= 0.3 is 0 Å². The summed E-state index contributed by atoms with van der Waals surface area (Å²) in [7, 11) is 0. The Bertz CT molecular complexity index is 932. The third kappa shape index (κ3) is 5.10. The van der Waals surface area contributed by atoms with Gasteiger partial charge in [0.05, 0.1) is 17.7 Å². The van der Waals surface area contributed by atoms with Crippen molar-refractivity contribution in [2.24, 2.45) is 4.99 Å². The zero-order valence-corrected chi connectivity index (χ0v) is 20.7. The number of benzene rings is 2. The summed E-state index contributed by atoms with van der Waals surface area (Å²) >= 11 is 5.61. The van der Waals surface area contributed by atoms with E-state index in [9.17, 15) is 9.90 Å². The molecule has 0 aromatic heterocycles. The fourth-order valence-electron chi connectivity index (χ4n) is 2.65. The molecular weight excluding hydrogens is 598 g/mol. The number of hydrogen-bond acceptors (Lipinski definition) is 4. The van der Waals surface area contributed by atoms with Crippen LogP contribution in [0.1, 0.15) is 30.9 Å². The summed E-state index contributed by atoms with van der Waals surface area (Å²) in [5, 5.41) is 10.7. The van der Waals surface area contributed by atoms with Crippen molar-refractivity contribution in [1.29, 1.82) is 0 Å². The second-order valence-corrected chi connectivity index (χ2v) is 9.82. The van der Waals surface area contributed by atoms with Crippen molar-refractivity contribution >= 4 is 79.8 Å². The molecule has 0 radical (unpaired) electrons. The fraction of sp³-hybridized carbons (Fsp3) is 0.238. The Morgan fingerprint density at radius 2 is 1.82 bits per heavy atom. The molecule has 1 fully saturated rings. The number of carbonyl (C=O) groups is 1. The molecule has 0 aliphatic carbocycles. The minimum absolute atomic E-state index is 0.0117. The first kappa shape index (κ1) is 21.6. The molecule has 2 aromatic carbocycles. The molecule has 0 unspecified atom stereocenters. The molecule has 1 N–H and O–H groups in total. The summed E-state index contributed by atoms with van der Waals surface area (Å²) in [5.41, 5.74) is 2.92. The van der Waals surface area contributed by atoms with Gasteiger partial charge in [-0.25, -0.2) is 4.99 Å². The van der Waals surface area contributed by atoms with E-state index in [0.29, 0.717) is 11.4 Å². The number of halogens is 2. The molecule has 2 aromatic rings. The first-order valence-electron chi connectivity index (χ1n) is 8.94. The second kappa shape index (κ2) is 9.62. The lowest BCUT2D eigenvalue weighted by atomic mass is 10.2. The number of phenolic OH excluding ortho intramolecular Hbond substituents is 1. The number of phenols is 1. The highest BCUT2D eigenvalue weighted by atomic mass is 127. The number of thioether (sulfide) groups is 1. The van der Waals surface area contributed by atoms with E-state index in [-0.39, 0.29) is 11.7 Å². The van der Waals surface area contributed by atoms with Crippen molar-refractivity contribution in [3.05, 3.63) is 59.6 Å². The van der Waals surface area contributed by atoms with Gasteiger partial charge in [-0.3, -0.25) is 9.69 Å². The first-order valence-corrected chi connectivity index (χ1v) is 11.9. The fourth-order valence-corrected chi connectivity index (χ4v) is 5.50. The summed E-state index contributed by atoms with van der Waals surface area (Å²) in [6.07, 6.45) is 3.83. The Labute approximate surface area is 196 Å². The monoisotopic (exact) mass is 618 g/mol. The molecule has 0 atom stereocenters. The van der Waals surface area contributed by atoms with Crippen LogP contribution in [0.25, 0.3) is 6.08 Å². The molecule has 0 saturated carbocycles. The third-order valence-corrected chi connectivity index (χ3v) is 6.87. The van der Waals surface area contributed by atoms with Crippen LogP contribution in [0.15, 0.2) is 46.3 Å². The molecule has 1 amide bonds. The van der Waals surface area contributed by atoms with E-state index in [4.69, 9.17) is 4.99 Å². The number of aliphatic imine (C=N–C) groups is 1. The van der Waals surface area contributed by atoms with Gasteiger partial charge in [0.1, 0.15) is 5.75 Å². The Morgan fingerprint density at radius 1 is 1.18 bits per heavy atom. The van der Waals surface area contributed by atoms with Crippen molar-refractivity contribution in [3.63, 3.8) is 0 Å². The maximum Gasteiger partial charge on any atom is 0.266 e. The van der Waals surface area contributed by atoms with Gasteiger partial charge in [-0.1, -0.05) is 31.0 Å². The molecule has 1 saturated heterocycles. The number of unbranched alkanes of at least 4 members (excludes halogenated alkanes) is 1. The van der Waals surface area contributed by atoms with Crippen LogP contribution in [0, 0.1) is 14.1 Å². The molecule has 1 heterocycles. The molecule has 7 heteroatoms. The number of aryl methyl sites for hydroxylation is 1.